The fourth-order valence-electron chi connectivity index (χ4n) is 1.56. The van der Waals surface area contributed by atoms with Crippen molar-refractivity contribution in [3.63, 3.8) is 0 Å². The van der Waals surface area contributed by atoms with Crippen molar-refractivity contribution < 1.29 is 24.5 Å². The van der Waals surface area contributed by atoms with Gasteiger partial charge in [-0.25, -0.2) is 0 Å². The molecule has 17 heavy (non-hydrogen) atoms. The molecule has 0 saturated heterocycles. The first kappa shape index (κ1) is 15.9. The SMILES string of the molecule is CCOC(=O)C(CC)(CCC(C)(C)O)C(=O)O. The van der Waals surface area contributed by atoms with Crippen LogP contribution in [0, 0.1) is 5.41 Å². The van der Waals surface area contributed by atoms with Crippen molar-refractivity contribution in [2.24, 2.45) is 5.41 Å². The molecule has 0 fully saturated rings. The van der Waals surface area contributed by atoms with Crippen LogP contribution in [0.15, 0.2) is 0 Å². The van der Waals surface area contributed by atoms with Gasteiger partial charge < -0.3 is 14.9 Å². The van der Waals surface area contributed by atoms with Crippen molar-refractivity contribution in [3.05, 3.63) is 0 Å². The van der Waals surface area contributed by atoms with E-state index in [4.69, 9.17) is 4.74 Å². The number of aliphatic hydroxyl groups is 1. The number of carbonyl (C=O) groups excluding carboxylic acids is 1. The van der Waals surface area contributed by atoms with E-state index in [9.17, 15) is 19.8 Å². The van der Waals surface area contributed by atoms with Gasteiger partial charge >= 0.3 is 11.9 Å². The molecule has 0 heterocycles. The molecule has 0 radical (unpaired) electrons. The van der Waals surface area contributed by atoms with Crippen LogP contribution >= 0.6 is 0 Å². The van der Waals surface area contributed by atoms with Crippen molar-refractivity contribution in [2.45, 2.75) is 52.6 Å². The molecule has 0 aliphatic heterocycles. The molecular weight excluding hydrogens is 224 g/mol. The minimum atomic E-state index is -1.55. The van der Waals surface area contributed by atoms with Crippen molar-refractivity contribution in [2.75, 3.05) is 6.61 Å². The van der Waals surface area contributed by atoms with Gasteiger partial charge in [0, 0.05) is 0 Å². The number of rotatable bonds is 7. The van der Waals surface area contributed by atoms with Crippen LogP contribution in [-0.4, -0.2) is 34.4 Å². The number of carbonyl (C=O) groups is 2. The summed E-state index contributed by atoms with van der Waals surface area (Å²) in [6, 6.07) is 0. The molecule has 1 atom stereocenters. The molecule has 5 heteroatoms. The highest BCUT2D eigenvalue weighted by molar-refractivity contribution is 5.99. The minimum absolute atomic E-state index is 0.0706. The van der Waals surface area contributed by atoms with Gasteiger partial charge in [-0.2, -0.15) is 0 Å². The maximum Gasteiger partial charge on any atom is 0.323 e. The topological polar surface area (TPSA) is 83.8 Å². The van der Waals surface area contributed by atoms with E-state index in [1.54, 1.807) is 27.7 Å². The smallest absolute Gasteiger partial charge is 0.323 e. The summed E-state index contributed by atoms with van der Waals surface area (Å²) >= 11 is 0. The first-order chi connectivity index (χ1) is 7.69. The average Bonchev–Trinajstić information content (AvgIpc) is 2.17. The van der Waals surface area contributed by atoms with Gasteiger partial charge in [0.05, 0.1) is 12.2 Å². The number of aliphatic carboxylic acids is 1. The minimum Gasteiger partial charge on any atom is -0.480 e. The quantitative estimate of drug-likeness (QED) is 0.526. The lowest BCUT2D eigenvalue weighted by molar-refractivity contribution is -0.170. The molecule has 0 amide bonds. The van der Waals surface area contributed by atoms with Crippen molar-refractivity contribution in [3.8, 4) is 0 Å². The third kappa shape index (κ3) is 4.34. The lowest BCUT2D eigenvalue weighted by Gasteiger charge is -2.28. The highest BCUT2D eigenvalue weighted by Crippen LogP contribution is 2.32. The zero-order chi connectivity index (χ0) is 13.7. The molecule has 0 aromatic heterocycles. The first-order valence-corrected chi connectivity index (χ1v) is 5.82. The van der Waals surface area contributed by atoms with E-state index in [-0.39, 0.29) is 25.9 Å². The monoisotopic (exact) mass is 246 g/mol. The third-order valence-corrected chi connectivity index (χ3v) is 2.84. The Morgan fingerprint density at radius 2 is 1.71 bits per heavy atom. The Labute approximate surface area is 102 Å². The van der Waals surface area contributed by atoms with Crippen molar-refractivity contribution in [1.29, 1.82) is 0 Å². The number of hydrogen-bond acceptors (Lipinski definition) is 4. The molecule has 0 aliphatic carbocycles. The van der Waals surface area contributed by atoms with E-state index in [1.807, 2.05) is 0 Å². The molecule has 5 nitrogen and oxygen atoms in total. The molecule has 0 aliphatic rings. The van der Waals surface area contributed by atoms with Crippen LogP contribution in [-0.2, 0) is 14.3 Å². The predicted molar refractivity (Wildman–Crippen MR) is 62.5 cm³/mol. The number of carboxylic acids is 1. The van der Waals surface area contributed by atoms with Gasteiger partial charge in [0.1, 0.15) is 0 Å². The second-order valence-corrected chi connectivity index (χ2v) is 4.77. The zero-order valence-corrected chi connectivity index (χ0v) is 10.9. The summed E-state index contributed by atoms with van der Waals surface area (Å²) in [6.07, 6.45) is 0.449. The van der Waals surface area contributed by atoms with Gasteiger partial charge in [0.25, 0.3) is 0 Å². The molecule has 0 rings (SSSR count). The van der Waals surface area contributed by atoms with E-state index in [0.717, 1.165) is 0 Å². The summed E-state index contributed by atoms with van der Waals surface area (Å²) < 4.78 is 4.82. The molecule has 0 aromatic carbocycles. The molecular formula is C12H22O5. The molecule has 1 unspecified atom stereocenters. The Morgan fingerprint density at radius 1 is 1.18 bits per heavy atom. The summed E-state index contributed by atoms with van der Waals surface area (Å²) in [4.78, 5) is 23.1. The first-order valence-electron chi connectivity index (χ1n) is 5.82. The Kier molecular flexibility index (Phi) is 5.61. The predicted octanol–water partition coefficient (Wildman–Crippen LogP) is 1.58. The average molecular weight is 246 g/mol. The molecule has 0 saturated carbocycles. The standard InChI is InChI=1S/C12H22O5/c1-5-12(9(13)14,10(15)17-6-2)8-7-11(3,4)16/h16H,5-8H2,1-4H3,(H,13,14). The van der Waals surface area contributed by atoms with Crippen LogP contribution in [0.4, 0.5) is 0 Å². The zero-order valence-electron chi connectivity index (χ0n) is 10.9. The number of esters is 1. The maximum absolute atomic E-state index is 11.8. The number of ether oxygens (including phenoxy) is 1. The van der Waals surface area contributed by atoms with Crippen LogP contribution in [0.5, 0.6) is 0 Å². The van der Waals surface area contributed by atoms with E-state index in [2.05, 4.69) is 0 Å². The lowest BCUT2D eigenvalue weighted by atomic mass is 9.78. The highest BCUT2D eigenvalue weighted by Gasteiger charge is 2.46. The van der Waals surface area contributed by atoms with Crippen LogP contribution in [0.25, 0.3) is 0 Å². The fraction of sp³-hybridized carbons (Fsp3) is 0.833. The number of carboxylic acid groups (broad SMARTS) is 1. The Bertz CT molecular complexity index is 279. The van der Waals surface area contributed by atoms with Crippen LogP contribution < -0.4 is 0 Å². The van der Waals surface area contributed by atoms with Gasteiger partial charge in [-0.3, -0.25) is 9.59 Å². The lowest BCUT2D eigenvalue weighted by Crippen LogP contribution is -2.41. The van der Waals surface area contributed by atoms with Crippen LogP contribution in [0.1, 0.15) is 47.0 Å². The normalized spacial score (nSPS) is 15.1. The summed E-state index contributed by atoms with van der Waals surface area (Å²) in [5.41, 5.74) is -2.54. The molecule has 0 bridgehead atoms. The van der Waals surface area contributed by atoms with Gasteiger partial charge in [-0.1, -0.05) is 6.92 Å². The summed E-state index contributed by atoms with van der Waals surface area (Å²) in [6.45, 7) is 6.59. The summed E-state index contributed by atoms with van der Waals surface area (Å²) in [5.74, 6) is -1.91. The Balaban J connectivity index is 4.96. The van der Waals surface area contributed by atoms with E-state index < -0.39 is 23.0 Å². The van der Waals surface area contributed by atoms with Crippen molar-refractivity contribution in [1.82, 2.24) is 0 Å². The molecule has 0 spiro atoms. The van der Waals surface area contributed by atoms with E-state index >= 15 is 0 Å². The van der Waals surface area contributed by atoms with E-state index in [1.165, 1.54) is 0 Å². The van der Waals surface area contributed by atoms with Gasteiger partial charge in [0.2, 0.25) is 0 Å². The van der Waals surface area contributed by atoms with Gasteiger partial charge in [-0.15, -0.1) is 0 Å². The van der Waals surface area contributed by atoms with Gasteiger partial charge in [0.15, 0.2) is 5.41 Å². The summed E-state index contributed by atoms with van der Waals surface area (Å²) in [7, 11) is 0. The largest absolute Gasteiger partial charge is 0.480 e. The van der Waals surface area contributed by atoms with Crippen molar-refractivity contribution >= 4 is 11.9 Å². The maximum atomic E-state index is 11.8. The van der Waals surface area contributed by atoms with Crippen LogP contribution in [0.3, 0.4) is 0 Å². The Hall–Kier alpha value is -1.10. The van der Waals surface area contributed by atoms with Gasteiger partial charge in [-0.05, 0) is 40.0 Å². The molecule has 2 N–H and O–H groups in total. The van der Waals surface area contributed by atoms with Crippen LogP contribution in [0.2, 0.25) is 0 Å². The molecule has 100 valence electrons. The second kappa shape index (κ2) is 6.00. The third-order valence-electron chi connectivity index (χ3n) is 2.84. The molecule has 0 aromatic rings. The van der Waals surface area contributed by atoms with E-state index in [0.29, 0.717) is 0 Å². The summed E-state index contributed by atoms with van der Waals surface area (Å²) in [5, 5.41) is 18.9. The Morgan fingerprint density at radius 3 is 2.00 bits per heavy atom. The highest BCUT2D eigenvalue weighted by atomic mass is 16.5. The fourth-order valence-corrected chi connectivity index (χ4v) is 1.56. The number of hydrogen-bond donors (Lipinski definition) is 2. The second-order valence-electron chi connectivity index (χ2n) is 4.77.